The molecule has 2 aromatic carbocycles. The number of ether oxygens (including phenoxy) is 2. The SMILES string of the molecule is C1CCOC1.C1CCOC1.CCCC[N-]c1cccc(C)c1C.CCCC[N-]c1cccc(C)c1C.[Cl-].[Cl-].[Ti+4]. The number of aryl methyl sites for hydroxylation is 2. The predicted octanol–water partition coefficient (Wildman–Crippen LogP) is 3.82. The zero-order valence-corrected chi connectivity index (χ0v) is 28.4. The molecule has 2 aliphatic heterocycles. The van der Waals surface area contributed by atoms with Crippen LogP contribution in [0.3, 0.4) is 0 Å². The normalized spacial score (nSPS) is 12.9. The summed E-state index contributed by atoms with van der Waals surface area (Å²) in [6, 6.07) is 12.6. The molecule has 0 spiro atoms. The molecular weight excluding hydrogens is 563 g/mol. The molecule has 0 saturated carbocycles. The minimum absolute atomic E-state index is 0. The molecule has 0 atom stereocenters. The minimum Gasteiger partial charge on any atom is -1.00 e. The third-order valence-electron chi connectivity index (χ3n) is 6.39. The molecule has 0 bridgehead atoms. The molecular formula is C32H52Cl2N2O2Ti. The second kappa shape index (κ2) is 28.8. The van der Waals surface area contributed by atoms with Crippen molar-refractivity contribution in [2.45, 2.75) is 92.9 Å². The van der Waals surface area contributed by atoms with Crippen molar-refractivity contribution in [2.24, 2.45) is 0 Å². The van der Waals surface area contributed by atoms with E-state index >= 15 is 0 Å². The van der Waals surface area contributed by atoms with E-state index in [1.165, 1.54) is 73.6 Å². The Labute approximate surface area is 267 Å². The molecule has 220 valence electrons. The minimum atomic E-state index is 0. The fraction of sp³-hybridized carbons (Fsp3) is 0.625. The summed E-state index contributed by atoms with van der Waals surface area (Å²) in [5, 5.41) is 9.11. The van der Waals surface area contributed by atoms with Crippen LogP contribution in [0.4, 0.5) is 11.4 Å². The molecule has 2 aliphatic rings. The molecule has 0 aliphatic carbocycles. The summed E-state index contributed by atoms with van der Waals surface area (Å²) in [5.74, 6) is 0. The second-order valence-electron chi connectivity index (χ2n) is 9.55. The molecule has 0 unspecified atom stereocenters. The standard InChI is InChI=1S/2C12H18N.2C4H8O.2ClH.Ti/c2*1-4-5-9-13-12-8-6-7-10(2)11(12)3;2*1-2-4-5-3-1;;;/h2*6-8H,4-5,9H2,1-3H3;2*1-4H2;2*1H;/q2*-1;;;;;+4/p-2. The number of nitrogens with zero attached hydrogens (tertiary/aromatic N) is 2. The van der Waals surface area contributed by atoms with E-state index in [1.807, 2.05) is 0 Å². The van der Waals surface area contributed by atoms with E-state index < -0.39 is 0 Å². The first-order valence-corrected chi connectivity index (χ1v) is 14.1. The summed E-state index contributed by atoms with van der Waals surface area (Å²) >= 11 is 0. The maximum absolute atomic E-state index is 4.94. The van der Waals surface area contributed by atoms with Crippen molar-refractivity contribution in [2.75, 3.05) is 39.5 Å². The molecule has 0 N–H and O–H groups in total. The summed E-state index contributed by atoms with van der Waals surface area (Å²) in [5.41, 5.74) is 7.62. The maximum atomic E-state index is 4.94. The molecule has 0 radical (unpaired) electrons. The Morgan fingerprint density at radius 1 is 0.590 bits per heavy atom. The Kier molecular flexibility index (Phi) is 31.5. The fourth-order valence-electron chi connectivity index (χ4n) is 3.55. The molecule has 0 aromatic heterocycles. The Balaban J connectivity index is -0.000000466. The number of hydrogen-bond donors (Lipinski definition) is 0. The van der Waals surface area contributed by atoms with E-state index in [0.29, 0.717) is 0 Å². The van der Waals surface area contributed by atoms with Gasteiger partial charge in [0.2, 0.25) is 0 Å². The average molecular weight is 616 g/mol. The van der Waals surface area contributed by atoms with Crippen molar-refractivity contribution in [1.82, 2.24) is 0 Å². The van der Waals surface area contributed by atoms with Crippen LogP contribution in [-0.4, -0.2) is 39.5 Å². The van der Waals surface area contributed by atoms with Gasteiger partial charge in [-0.3, -0.25) is 0 Å². The van der Waals surface area contributed by atoms with Gasteiger partial charge in [-0.1, -0.05) is 87.1 Å². The summed E-state index contributed by atoms with van der Waals surface area (Å²) < 4.78 is 9.89. The van der Waals surface area contributed by atoms with E-state index in [0.717, 1.165) is 50.9 Å². The Morgan fingerprint density at radius 2 is 0.923 bits per heavy atom. The van der Waals surface area contributed by atoms with Crippen LogP contribution in [0.5, 0.6) is 0 Å². The van der Waals surface area contributed by atoms with Gasteiger partial charge < -0.3 is 44.9 Å². The Hall–Kier alpha value is -0.746. The van der Waals surface area contributed by atoms with Gasteiger partial charge in [0.05, 0.1) is 0 Å². The molecule has 7 heteroatoms. The summed E-state index contributed by atoms with van der Waals surface area (Å²) in [7, 11) is 0. The Bertz CT molecular complexity index is 734. The zero-order valence-electron chi connectivity index (χ0n) is 25.3. The van der Waals surface area contributed by atoms with Crippen LogP contribution in [-0.2, 0) is 31.2 Å². The molecule has 4 rings (SSSR count). The predicted molar refractivity (Wildman–Crippen MR) is 158 cm³/mol. The van der Waals surface area contributed by atoms with Crippen LogP contribution in [0.15, 0.2) is 36.4 Å². The molecule has 0 amide bonds. The smallest absolute Gasteiger partial charge is 1.00 e. The third kappa shape index (κ3) is 20.7. The average Bonchev–Trinajstić information content (AvgIpc) is 3.65. The van der Waals surface area contributed by atoms with E-state index in [9.17, 15) is 0 Å². The van der Waals surface area contributed by atoms with Crippen LogP contribution in [0.25, 0.3) is 10.6 Å². The van der Waals surface area contributed by atoms with Crippen LogP contribution in [0, 0.1) is 27.7 Å². The number of benzene rings is 2. The molecule has 2 aromatic rings. The third-order valence-corrected chi connectivity index (χ3v) is 6.39. The van der Waals surface area contributed by atoms with Crippen LogP contribution in [0.2, 0.25) is 0 Å². The molecule has 2 saturated heterocycles. The van der Waals surface area contributed by atoms with Gasteiger partial charge in [0, 0.05) is 26.4 Å². The monoisotopic (exact) mass is 614 g/mol. The van der Waals surface area contributed by atoms with Crippen LogP contribution >= 0.6 is 0 Å². The van der Waals surface area contributed by atoms with Crippen molar-refractivity contribution in [3.8, 4) is 0 Å². The first-order valence-electron chi connectivity index (χ1n) is 14.1. The number of hydrogen-bond acceptors (Lipinski definition) is 2. The first-order chi connectivity index (χ1) is 17.5. The number of unbranched alkanes of at least 4 members (excludes halogenated alkanes) is 2. The van der Waals surface area contributed by atoms with E-state index in [2.05, 4.69) is 88.6 Å². The van der Waals surface area contributed by atoms with Crippen molar-refractivity contribution in [3.63, 3.8) is 0 Å². The van der Waals surface area contributed by atoms with Crippen molar-refractivity contribution in [1.29, 1.82) is 0 Å². The first kappa shape index (κ1) is 42.7. The molecule has 2 heterocycles. The van der Waals surface area contributed by atoms with Gasteiger partial charge >= 0.3 is 21.7 Å². The quantitative estimate of drug-likeness (QED) is 0.335. The van der Waals surface area contributed by atoms with Gasteiger partial charge in [-0.25, -0.2) is 0 Å². The van der Waals surface area contributed by atoms with Gasteiger partial charge in [0.1, 0.15) is 0 Å². The van der Waals surface area contributed by atoms with Gasteiger partial charge in [-0.05, 0) is 64.5 Å². The van der Waals surface area contributed by atoms with Crippen molar-refractivity contribution < 1.29 is 56.0 Å². The van der Waals surface area contributed by atoms with Crippen molar-refractivity contribution in [3.05, 3.63) is 69.3 Å². The molecule has 2 fully saturated rings. The van der Waals surface area contributed by atoms with Crippen LogP contribution < -0.4 is 24.8 Å². The van der Waals surface area contributed by atoms with Gasteiger partial charge in [-0.15, -0.1) is 24.5 Å². The van der Waals surface area contributed by atoms with Crippen molar-refractivity contribution >= 4 is 11.4 Å². The fourth-order valence-corrected chi connectivity index (χ4v) is 3.55. The summed E-state index contributed by atoms with van der Waals surface area (Å²) in [4.78, 5) is 0. The Morgan fingerprint density at radius 3 is 1.18 bits per heavy atom. The number of halogens is 2. The molecule has 39 heavy (non-hydrogen) atoms. The topological polar surface area (TPSA) is 46.7 Å². The van der Waals surface area contributed by atoms with Gasteiger partial charge in [0.15, 0.2) is 0 Å². The maximum Gasteiger partial charge on any atom is 4.00 e. The van der Waals surface area contributed by atoms with Crippen LogP contribution in [0.1, 0.15) is 87.5 Å². The summed E-state index contributed by atoms with van der Waals surface area (Å²) in [6.45, 7) is 18.8. The van der Waals surface area contributed by atoms with E-state index in [-0.39, 0.29) is 46.5 Å². The van der Waals surface area contributed by atoms with E-state index in [4.69, 9.17) is 9.47 Å². The second-order valence-corrected chi connectivity index (χ2v) is 9.55. The van der Waals surface area contributed by atoms with Gasteiger partial charge in [0.25, 0.3) is 0 Å². The summed E-state index contributed by atoms with van der Waals surface area (Å²) in [6.07, 6.45) is 9.92. The van der Waals surface area contributed by atoms with Gasteiger partial charge in [-0.2, -0.15) is 0 Å². The zero-order chi connectivity index (χ0) is 26.4. The number of rotatable bonds is 8. The van der Waals surface area contributed by atoms with E-state index in [1.54, 1.807) is 0 Å². The molecule has 4 nitrogen and oxygen atoms in total. The largest absolute Gasteiger partial charge is 4.00 e.